The van der Waals surface area contributed by atoms with Crippen molar-refractivity contribution in [3.8, 4) is 0 Å². The van der Waals surface area contributed by atoms with Crippen molar-refractivity contribution in [1.29, 1.82) is 0 Å². The van der Waals surface area contributed by atoms with Crippen molar-refractivity contribution >= 4 is 15.9 Å². The molecule has 3 heterocycles. The third-order valence-electron chi connectivity index (χ3n) is 6.36. The third-order valence-corrected chi connectivity index (χ3v) is 8.27. The lowest BCUT2D eigenvalue weighted by molar-refractivity contribution is 0.0952. The van der Waals surface area contributed by atoms with Crippen LogP contribution in [0.5, 0.6) is 0 Å². The second-order valence-corrected chi connectivity index (χ2v) is 10.7. The van der Waals surface area contributed by atoms with Crippen LogP contribution in [-0.4, -0.2) is 52.6 Å². The summed E-state index contributed by atoms with van der Waals surface area (Å²) in [5.41, 5.74) is 0.330. The fourth-order valence-electron chi connectivity index (χ4n) is 4.28. The van der Waals surface area contributed by atoms with Crippen LogP contribution < -0.4 is 11.0 Å². The molecule has 2 aromatic rings. The van der Waals surface area contributed by atoms with Gasteiger partial charge in [0.2, 0.25) is 10.0 Å². The van der Waals surface area contributed by atoms with Crippen LogP contribution in [0.25, 0.3) is 0 Å². The van der Waals surface area contributed by atoms with Gasteiger partial charge in [-0.3, -0.25) is 9.36 Å². The molecule has 1 N–H and O–H groups in total. The van der Waals surface area contributed by atoms with E-state index in [2.05, 4.69) is 17.3 Å². The van der Waals surface area contributed by atoms with Gasteiger partial charge >= 0.3 is 5.69 Å². The summed E-state index contributed by atoms with van der Waals surface area (Å²) in [6.45, 7) is 4.79. The lowest BCUT2D eigenvalue weighted by Crippen LogP contribution is -2.37. The van der Waals surface area contributed by atoms with Crippen LogP contribution in [0, 0.1) is 5.92 Å². The van der Waals surface area contributed by atoms with Crippen molar-refractivity contribution in [2.24, 2.45) is 5.92 Å². The van der Waals surface area contributed by atoms with E-state index in [1.54, 1.807) is 16.7 Å². The zero-order chi connectivity index (χ0) is 22.7. The van der Waals surface area contributed by atoms with Gasteiger partial charge in [0.05, 0.1) is 4.90 Å². The molecule has 0 unspecified atom stereocenters. The topological polar surface area (TPSA) is 106 Å². The van der Waals surface area contributed by atoms with E-state index in [0.29, 0.717) is 44.1 Å². The molecular formula is C22H31N5O4S. The number of aryl methyl sites for hydroxylation is 2. The summed E-state index contributed by atoms with van der Waals surface area (Å²) in [6.07, 6.45) is 5.22. The third kappa shape index (κ3) is 4.80. The van der Waals surface area contributed by atoms with Crippen molar-refractivity contribution in [1.82, 2.24) is 24.0 Å². The number of piperidine rings is 1. The minimum atomic E-state index is -3.52. The van der Waals surface area contributed by atoms with Crippen LogP contribution >= 0.6 is 0 Å². The molecule has 0 aliphatic carbocycles. The molecule has 1 saturated heterocycles. The molecule has 0 atom stereocenters. The standard InChI is InChI=1S/C22H31N5O4S/c1-17-10-15-25(16-11-17)32(30,31)19-8-6-18(7-9-19)21(28)23-12-4-14-27-22(29)26-13-3-2-5-20(26)24-27/h6-9,17H,2-5,10-16H2,1H3,(H,23,28). The Bertz CT molecular complexity index is 1110. The van der Waals surface area contributed by atoms with E-state index in [4.69, 9.17) is 0 Å². The zero-order valence-electron chi connectivity index (χ0n) is 18.5. The van der Waals surface area contributed by atoms with Crippen LogP contribution in [-0.2, 0) is 29.5 Å². The number of carbonyl (C=O) groups is 1. The monoisotopic (exact) mass is 461 g/mol. The Morgan fingerprint density at radius 2 is 1.84 bits per heavy atom. The highest BCUT2D eigenvalue weighted by molar-refractivity contribution is 7.89. The number of fused-ring (bicyclic) bond motifs is 1. The molecule has 10 heteroatoms. The summed E-state index contributed by atoms with van der Waals surface area (Å²) in [7, 11) is -3.52. The lowest BCUT2D eigenvalue weighted by Gasteiger charge is -2.29. The Morgan fingerprint density at radius 1 is 1.12 bits per heavy atom. The van der Waals surface area contributed by atoms with Crippen LogP contribution in [0.3, 0.4) is 0 Å². The highest BCUT2D eigenvalue weighted by atomic mass is 32.2. The predicted octanol–water partition coefficient (Wildman–Crippen LogP) is 1.62. The van der Waals surface area contributed by atoms with Gasteiger partial charge < -0.3 is 5.32 Å². The summed E-state index contributed by atoms with van der Waals surface area (Å²) in [4.78, 5) is 25.0. The molecule has 0 saturated carbocycles. The number of hydrogen-bond donors (Lipinski definition) is 1. The van der Waals surface area contributed by atoms with E-state index < -0.39 is 10.0 Å². The molecule has 0 radical (unpaired) electrons. The fraction of sp³-hybridized carbons (Fsp3) is 0.591. The highest BCUT2D eigenvalue weighted by Gasteiger charge is 2.28. The minimum Gasteiger partial charge on any atom is -0.352 e. The Hall–Kier alpha value is -2.46. The Labute approximate surface area is 188 Å². The van der Waals surface area contributed by atoms with Crippen molar-refractivity contribution in [2.75, 3.05) is 19.6 Å². The number of nitrogens with zero attached hydrogens (tertiary/aromatic N) is 4. The van der Waals surface area contributed by atoms with E-state index >= 15 is 0 Å². The molecule has 1 fully saturated rings. The van der Waals surface area contributed by atoms with E-state index in [-0.39, 0.29) is 16.5 Å². The first kappa shape index (κ1) is 22.7. The molecule has 1 aromatic carbocycles. The van der Waals surface area contributed by atoms with Gasteiger partial charge in [0, 0.05) is 44.7 Å². The molecule has 9 nitrogen and oxygen atoms in total. The maximum Gasteiger partial charge on any atom is 0.345 e. The fourth-order valence-corrected chi connectivity index (χ4v) is 5.75. The first-order chi connectivity index (χ1) is 15.4. The maximum atomic E-state index is 12.8. The Kier molecular flexibility index (Phi) is 6.80. The first-order valence-electron chi connectivity index (χ1n) is 11.4. The molecule has 0 bridgehead atoms. The van der Waals surface area contributed by atoms with E-state index in [0.717, 1.165) is 44.5 Å². The zero-order valence-corrected chi connectivity index (χ0v) is 19.3. The molecule has 1 aromatic heterocycles. The number of aromatic nitrogens is 3. The van der Waals surface area contributed by atoms with Crippen molar-refractivity contribution < 1.29 is 13.2 Å². The average molecular weight is 462 g/mol. The number of nitrogens with one attached hydrogen (secondary N) is 1. The largest absolute Gasteiger partial charge is 0.352 e. The molecule has 174 valence electrons. The van der Waals surface area contributed by atoms with Crippen molar-refractivity contribution in [3.63, 3.8) is 0 Å². The molecule has 0 spiro atoms. The molecular weight excluding hydrogens is 430 g/mol. The number of carbonyl (C=O) groups excluding carboxylic acids is 1. The molecule has 2 aliphatic rings. The number of rotatable bonds is 7. The highest BCUT2D eigenvalue weighted by Crippen LogP contribution is 2.23. The average Bonchev–Trinajstić information content (AvgIpc) is 3.12. The van der Waals surface area contributed by atoms with Crippen LogP contribution in [0.1, 0.15) is 55.2 Å². The van der Waals surface area contributed by atoms with Gasteiger partial charge in [-0.1, -0.05) is 6.92 Å². The van der Waals surface area contributed by atoms with Gasteiger partial charge in [-0.25, -0.2) is 17.9 Å². The van der Waals surface area contributed by atoms with Gasteiger partial charge in [0.15, 0.2) is 0 Å². The summed E-state index contributed by atoms with van der Waals surface area (Å²) in [6, 6.07) is 6.08. The van der Waals surface area contributed by atoms with Crippen molar-refractivity contribution in [3.05, 3.63) is 46.1 Å². The maximum absolute atomic E-state index is 12.8. The Morgan fingerprint density at radius 3 is 2.53 bits per heavy atom. The van der Waals surface area contributed by atoms with Gasteiger partial charge in [-0.05, 0) is 62.3 Å². The SMILES string of the molecule is CC1CCN(S(=O)(=O)c2ccc(C(=O)NCCCn3nc4n(c3=O)CCCC4)cc2)CC1. The normalized spacial score (nSPS) is 17.8. The number of hydrogen-bond acceptors (Lipinski definition) is 5. The van der Waals surface area contributed by atoms with Crippen LogP contribution in [0.4, 0.5) is 0 Å². The second-order valence-electron chi connectivity index (χ2n) is 8.75. The van der Waals surface area contributed by atoms with Gasteiger partial charge in [0.25, 0.3) is 5.91 Å². The van der Waals surface area contributed by atoms with Gasteiger partial charge in [0.1, 0.15) is 5.82 Å². The first-order valence-corrected chi connectivity index (χ1v) is 12.9. The van der Waals surface area contributed by atoms with E-state index in [1.807, 2.05) is 0 Å². The van der Waals surface area contributed by atoms with Crippen LogP contribution in [0.2, 0.25) is 0 Å². The van der Waals surface area contributed by atoms with E-state index in [9.17, 15) is 18.0 Å². The summed E-state index contributed by atoms with van der Waals surface area (Å²) < 4.78 is 30.4. The number of amides is 1. The van der Waals surface area contributed by atoms with Gasteiger partial charge in [-0.15, -0.1) is 0 Å². The quantitative estimate of drug-likeness (QED) is 0.631. The molecule has 32 heavy (non-hydrogen) atoms. The lowest BCUT2D eigenvalue weighted by atomic mass is 10.0. The van der Waals surface area contributed by atoms with Crippen LogP contribution in [0.15, 0.2) is 34.0 Å². The van der Waals surface area contributed by atoms with Gasteiger partial charge in [-0.2, -0.15) is 9.40 Å². The Balaban J connectivity index is 1.29. The van der Waals surface area contributed by atoms with E-state index in [1.165, 1.54) is 21.1 Å². The summed E-state index contributed by atoms with van der Waals surface area (Å²) in [5, 5.41) is 7.22. The smallest absolute Gasteiger partial charge is 0.345 e. The number of sulfonamides is 1. The summed E-state index contributed by atoms with van der Waals surface area (Å²) in [5.74, 6) is 1.13. The number of benzene rings is 1. The second kappa shape index (κ2) is 9.58. The predicted molar refractivity (Wildman–Crippen MR) is 120 cm³/mol. The molecule has 2 aliphatic heterocycles. The van der Waals surface area contributed by atoms with Crippen molar-refractivity contribution in [2.45, 2.75) is 63.4 Å². The molecule has 1 amide bonds. The minimum absolute atomic E-state index is 0.0778. The summed E-state index contributed by atoms with van der Waals surface area (Å²) >= 11 is 0. The molecule has 4 rings (SSSR count).